The van der Waals surface area contributed by atoms with E-state index in [1.165, 1.54) is 44.6 Å². The SMILES string of the molecule is COC(=O)c1ccc(N2C(=O)NC(=O)/C(=C\c3ccccc3OC)C2=O)cc1. The summed E-state index contributed by atoms with van der Waals surface area (Å²) in [5, 5.41) is 2.14. The minimum atomic E-state index is -0.877. The zero-order valence-electron chi connectivity index (χ0n) is 15.1. The van der Waals surface area contributed by atoms with Crippen LogP contribution >= 0.6 is 0 Å². The van der Waals surface area contributed by atoms with Gasteiger partial charge in [-0.05, 0) is 36.4 Å². The van der Waals surface area contributed by atoms with Crippen molar-refractivity contribution in [2.75, 3.05) is 19.1 Å². The third-order valence-electron chi connectivity index (χ3n) is 4.09. The molecule has 142 valence electrons. The molecule has 1 aliphatic heterocycles. The first-order valence-electron chi connectivity index (χ1n) is 8.19. The first-order chi connectivity index (χ1) is 13.5. The molecule has 0 aliphatic carbocycles. The van der Waals surface area contributed by atoms with Crippen molar-refractivity contribution in [2.45, 2.75) is 0 Å². The van der Waals surface area contributed by atoms with Crippen LogP contribution in [0, 0.1) is 0 Å². The first kappa shape index (κ1) is 18.8. The van der Waals surface area contributed by atoms with Crippen molar-refractivity contribution in [3.63, 3.8) is 0 Å². The number of urea groups is 1. The van der Waals surface area contributed by atoms with E-state index < -0.39 is 23.8 Å². The summed E-state index contributed by atoms with van der Waals surface area (Å²) in [5.41, 5.74) is 0.755. The highest BCUT2D eigenvalue weighted by Crippen LogP contribution is 2.25. The van der Waals surface area contributed by atoms with Crippen molar-refractivity contribution in [3.05, 3.63) is 65.2 Å². The second-order valence-corrected chi connectivity index (χ2v) is 5.74. The van der Waals surface area contributed by atoms with Gasteiger partial charge in [-0.1, -0.05) is 18.2 Å². The van der Waals surface area contributed by atoms with Crippen LogP contribution in [0.4, 0.5) is 10.5 Å². The number of nitrogens with one attached hydrogen (secondary N) is 1. The lowest BCUT2D eigenvalue weighted by molar-refractivity contribution is -0.122. The molecule has 3 rings (SSSR count). The number of para-hydroxylation sites is 1. The fraction of sp³-hybridized carbons (Fsp3) is 0.100. The van der Waals surface area contributed by atoms with Crippen molar-refractivity contribution < 1.29 is 28.7 Å². The summed E-state index contributed by atoms with van der Waals surface area (Å²) in [6.45, 7) is 0. The molecule has 1 heterocycles. The highest BCUT2D eigenvalue weighted by Gasteiger charge is 2.37. The smallest absolute Gasteiger partial charge is 0.337 e. The molecule has 0 saturated carbocycles. The summed E-state index contributed by atoms with van der Waals surface area (Å²) in [6.07, 6.45) is 1.36. The topological polar surface area (TPSA) is 102 Å². The Morgan fingerprint density at radius 3 is 2.32 bits per heavy atom. The summed E-state index contributed by atoms with van der Waals surface area (Å²) < 4.78 is 9.84. The van der Waals surface area contributed by atoms with E-state index in [9.17, 15) is 19.2 Å². The lowest BCUT2D eigenvalue weighted by atomic mass is 10.1. The van der Waals surface area contributed by atoms with Crippen molar-refractivity contribution in [1.29, 1.82) is 0 Å². The van der Waals surface area contributed by atoms with Gasteiger partial charge >= 0.3 is 12.0 Å². The summed E-state index contributed by atoms with van der Waals surface area (Å²) in [5.74, 6) is -1.66. The van der Waals surface area contributed by atoms with E-state index in [2.05, 4.69) is 10.1 Å². The van der Waals surface area contributed by atoms with Gasteiger partial charge in [-0.15, -0.1) is 0 Å². The number of nitrogens with zero attached hydrogens (tertiary/aromatic N) is 1. The van der Waals surface area contributed by atoms with Gasteiger partial charge in [0.25, 0.3) is 11.8 Å². The van der Waals surface area contributed by atoms with E-state index in [0.717, 1.165) is 4.90 Å². The number of anilines is 1. The quantitative estimate of drug-likeness (QED) is 0.495. The van der Waals surface area contributed by atoms with Crippen molar-refractivity contribution in [3.8, 4) is 5.75 Å². The molecule has 4 amide bonds. The van der Waals surface area contributed by atoms with Crippen LogP contribution < -0.4 is 15.0 Å². The van der Waals surface area contributed by atoms with Crippen LogP contribution in [0.25, 0.3) is 6.08 Å². The zero-order chi connectivity index (χ0) is 20.3. The summed E-state index contributed by atoms with van der Waals surface area (Å²) in [7, 11) is 2.72. The van der Waals surface area contributed by atoms with Crippen LogP contribution in [0.5, 0.6) is 5.75 Å². The monoisotopic (exact) mass is 380 g/mol. The molecular formula is C20H16N2O6. The normalized spacial score (nSPS) is 15.4. The summed E-state index contributed by atoms with van der Waals surface area (Å²) >= 11 is 0. The average Bonchev–Trinajstić information content (AvgIpc) is 2.71. The van der Waals surface area contributed by atoms with Crippen LogP contribution in [-0.2, 0) is 14.3 Å². The number of esters is 1. The Balaban J connectivity index is 1.98. The largest absolute Gasteiger partial charge is 0.496 e. The van der Waals surface area contributed by atoms with Crippen LogP contribution in [0.2, 0.25) is 0 Å². The fourth-order valence-electron chi connectivity index (χ4n) is 2.70. The Morgan fingerprint density at radius 2 is 1.68 bits per heavy atom. The Bertz CT molecular complexity index is 994. The number of carbonyl (C=O) groups is 4. The third-order valence-corrected chi connectivity index (χ3v) is 4.09. The number of hydrogen-bond acceptors (Lipinski definition) is 6. The minimum Gasteiger partial charge on any atom is -0.496 e. The molecule has 0 aromatic heterocycles. The van der Waals surface area contributed by atoms with Crippen LogP contribution in [0.3, 0.4) is 0 Å². The molecule has 0 spiro atoms. The molecule has 1 fully saturated rings. The van der Waals surface area contributed by atoms with E-state index in [0.29, 0.717) is 11.3 Å². The van der Waals surface area contributed by atoms with E-state index >= 15 is 0 Å². The number of amides is 4. The number of imide groups is 2. The van der Waals surface area contributed by atoms with Gasteiger partial charge in [0.05, 0.1) is 25.5 Å². The highest BCUT2D eigenvalue weighted by atomic mass is 16.5. The molecule has 0 bridgehead atoms. The number of barbiturate groups is 1. The molecule has 8 nitrogen and oxygen atoms in total. The maximum atomic E-state index is 12.9. The average molecular weight is 380 g/mol. The molecule has 1 saturated heterocycles. The van der Waals surface area contributed by atoms with Crippen LogP contribution in [-0.4, -0.2) is 38.0 Å². The molecule has 2 aromatic carbocycles. The lowest BCUT2D eigenvalue weighted by Crippen LogP contribution is -2.54. The fourth-order valence-corrected chi connectivity index (χ4v) is 2.70. The number of methoxy groups -OCH3 is 2. The van der Waals surface area contributed by atoms with E-state index in [4.69, 9.17) is 4.74 Å². The van der Waals surface area contributed by atoms with Crippen molar-refractivity contribution >= 4 is 35.6 Å². The van der Waals surface area contributed by atoms with Gasteiger partial charge in [-0.3, -0.25) is 14.9 Å². The molecule has 1 aliphatic rings. The second kappa shape index (κ2) is 7.75. The number of benzene rings is 2. The summed E-state index contributed by atoms with van der Waals surface area (Å²) in [6, 6.07) is 11.6. The molecule has 2 aromatic rings. The number of ether oxygens (including phenoxy) is 2. The first-order valence-corrected chi connectivity index (χ1v) is 8.19. The molecule has 0 unspecified atom stereocenters. The maximum Gasteiger partial charge on any atom is 0.337 e. The van der Waals surface area contributed by atoms with Gasteiger partial charge < -0.3 is 9.47 Å². The highest BCUT2D eigenvalue weighted by molar-refractivity contribution is 6.39. The van der Waals surface area contributed by atoms with Crippen LogP contribution in [0.1, 0.15) is 15.9 Å². The number of hydrogen-bond donors (Lipinski definition) is 1. The van der Waals surface area contributed by atoms with Gasteiger partial charge in [0, 0.05) is 5.56 Å². The molecule has 1 N–H and O–H groups in total. The van der Waals surface area contributed by atoms with Crippen LogP contribution in [0.15, 0.2) is 54.1 Å². The van der Waals surface area contributed by atoms with Crippen molar-refractivity contribution in [1.82, 2.24) is 5.32 Å². The van der Waals surface area contributed by atoms with Gasteiger partial charge in [0.1, 0.15) is 11.3 Å². The molecule has 28 heavy (non-hydrogen) atoms. The predicted molar refractivity (Wildman–Crippen MR) is 99.8 cm³/mol. The molecular weight excluding hydrogens is 364 g/mol. The Morgan fingerprint density at radius 1 is 1.00 bits per heavy atom. The molecule has 0 atom stereocenters. The second-order valence-electron chi connectivity index (χ2n) is 5.74. The van der Waals surface area contributed by atoms with Gasteiger partial charge in [0.15, 0.2) is 0 Å². The number of rotatable bonds is 4. The minimum absolute atomic E-state index is 0.202. The van der Waals surface area contributed by atoms with E-state index in [-0.39, 0.29) is 16.8 Å². The van der Waals surface area contributed by atoms with E-state index in [1.807, 2.05) is 0 Å². The van der Waals surface area contributed by atoms with Gasteiger partial charge in [0.2, 0.25) is 0 Å². The summed E-state index contributed by atoms with van der Waals surface area (Å²) in [4.78, 5) is 49.7. The lowest BCUT2D eigenvalue weighted by Gasteiger charge is -2.26. The molecule has 0 radical (unpaired) electrons. The Hall–Kier alpha value is -3.94. The number of carbonyl (C=O) groups excluding carboxylic acids is 4. The Kier molecular flexibility index (Phi) is 5.21. The third kappa shape index (κ3) is 3.48. The van der Waals surface area contributed by atoms with Gasteiger partial charge in [-0.2, -0.15) is 0 Å². The van der Waals surface area contributed by atoms with E-state index in [1.54, 1.807) is 24.3 Å². The van der Waals surface area contributed by atoms with Gasteiger partial charge in [-0.25, -0.2) is 14.5 Å². The zero-order valence-corrected chi connectivity index (χ0v) is 15.1. The molecule has 8 heteroatoms. The standard InChI is InChI=1S/C20H16N2O6/c1-27-16-6-4-3-5-13(16)11-15-17(23)21-20(26)22(18(15)24)14-9-7-12(8-10-14)19(25)28-2/h3-11H,1-2H3,(H,21,23,26)/b15-11+. The maximum absolute atomic E-state index is 12.9. The Labute approximate surface area is 160 Å². The van der Waals surface area contributed by atoms with Crippen molar-refractivity contribution in [2.24, 2.45) is 0 Å². The predicted octanol–water partition coefficient (Wildman–Crippen LogP) is 2.15.